The lowest BCUT2D eigenvalue weighted by atomic mass is 9.89. The molecule has 0 saturated carbocycles. The van der Waals surface area contributed by atoms with Gasteiger partial charge >= 0.3 is 6.03 Å². The van der Waals surface area contributed by atoms with Gasteiger partial charge in [0.05, 0.1) is 38.1 Å². The zero-order valence-electron chi connectivity index (χ0n) is 27.1. The minimum absolute atomic E-state index is 0.0214. The van der Waals surface area contributed by atoms with Gasteiger partial charge in [0.15, 0.2) is 17.9 Å². The van der Waals surface area contributed by atoms with Crippen LogP contribution in [0.3, 0.4) is 0 Å². The number of aliphatic hydroxyl groups is 1. The number of ketones is 1. The maximum Gasteiger partial charge on any atom is 0.319 e. The van der Waals surface area contributed by atoms with Crippen LogP contribution in [0.4, 0.5) is 10.5 Å². The Morgan fingerprint density at radius 3 is 2.32 bits per heavy atom. The predicted octanol–water partition coefficient (Wildman–Crippen LogP) is 5.13. The Labute approximate surface area is 276 Å². The molecule has 3 aliphatic heterocycles. The number of anilines is 1. The summed E-state index contributed by atoms with van der Waals surface area (Å²) in [6.07, 6.45) is 0.996. The zero-order valence-corrected chi connectivity index (χ0v) is 27.1. The number of amides is 2. The molecule has 3 aliphatic rings. The van der Waals surface area contributed by atoms with Crippen molar-refractivity contribution in [2.24, 2.45) is 5.92 Å². The van der Waals surface area contributed by atoms with Crippen molar-refractivity contribution < 1.29 is 33.6 Å². The lowest BCUT2D eigenvalue weighted by Gasteiger charge is -2.44. The SMILES string of the molecule is CC(=O)C(Cc1ccccc1)NC(=O)Nc1cccc(C2OC(CN3CCC4(CC3)OCCO4)C(C)C(c3ccc(CO)cc3)O2)c1. The van der Waals surface area contributed by atoms with Crippen molar-refractivity contribution in [1.82, 2.24) is 10.2 Å². The van der Waals surface area contributed by atoms with E-state index in [1.165, 1.54) is 6.92 Å². The summed E-state index contributed by atoms with van der Waals surface area (Å²) in [5.74, 6) is -0.516. The van der Waals surface area contributed by atoms with Gasteiger partial charge < -0.3 is 39.6 Å². The number of piperidine rings is 1. The Morgan fingerprint density at radius 1 is 0.915 bits per heavy atom. The Hall–Kier alpha value is -3.64. The second-order valence-electron chi connectivity index (χ2n) is 12.8. The number of hydrogen-bond acceptors (Lipinski definition) is 8. The van der Waals surface area contributed by atoms with Gasteiger partial charge in [0.25, 0.3) is 0 Å². The number of urea groups is 1. The second kappa shape index (κ2) is 15.1. The summed E-state index contributed by atoms with van der Waals surface area (Å²) in [4.78, 5) is 27.8. The first-order chi connectivity index (χ1) is 22.8. The molecular weight excluding hydrogens is 598 g/mol. The van der Waals surface area contributed by atoms with Crippen LogP contribution >= 0.6 is 0 Å². The number of likely N-dealkylation sites (tertiary alicyclic amines) is 1. The maximum absolute atomic E-state index is 13.0. The van der Waals surface area contributed by atoms with Crippen LogP contribution in [-0.4, -0.2) is 72.6 Å². The first-order valence-corrected chi connectivity index (χ1v) is 16.5. The molecule has 250 valence electrons. The van der Waals surface area contributed by atoms with Gasteiger partial charge in [-0.25, -0.2) is 4.79 Å². The normalized spacial score (nSPS) is 24.9. The van der Waals surface area contributed by atoms with E-state index in [4.69, 9.17) is 18.9 Å². The van der Waals surface area contributed by atoms with E-state index in [1.807, 2.05) is 72.8 Å². The number of nitrogens with one attached hydrogen (secondary N) is 2. The molecule has 3 aromatic carbocycles. The molecule has 3 heterocycles. The summed E-state index contributed by atoms with van der Waals surface area (Å²) >= 11 is 0. The minimum atomic E-state index is -0.677. The van der Waals surface area contributed by atoms with Crippen LogP contribution in [0, 0.1) is 5.92 Å². The third kappa shape index (κ3) is 8.27. The maximum atomic E-state index is 13.0. The topological polar surface area (TPSA) is 119 Å². The predicted molar refractivity (Wildman–Crippen MR) is 176 cm³/mol. The van der Waals surface area contributed by atoms with Crippen molar-refractivity contribution in [3.05, 3.63) is 101 Å². The van der Waals surface area contributed by atoms with Crippen LogP contribution < -0.4 is 10.6 Å². The molecule has 10 nitrogen and oxygen atoms in total. The van der Waals surface area contributed by atoms with Gasteiger partial charge in [0.1, 0.15) is 0 Å². The van der Waals surface area contributed by atoms with Crippen LogP contribution in [0.2, 0.25) is 0 Å². The molecule has 3 N–H and O–H groups in total. The standard InChI is InChI=1S/C37H45N3O7/c1-25-33(23-40-17-15-37(16-18-40)44-19-20-45-37)46-35(47-34(25)29-13-11-28(24-41)12-14-29)30-9-6-10-31(22-30)38-36(43)39-32(26(2)42)21-27-7-4-3-5-8-27/h3-14,22,25,32-35,41H,15-21,23-24H2,1-2H3,(H2,38,39,43). The Balaban J connectivity index is 1.16. The van der Waals surface area contributed by atoms with E-state index in [2.05, 4.69) is 22.5 Å². The van der Waals surface area contributed by atoms with Crippen molar-refractivity contribution in [3.8, 4) is 0 Å². The van der Waals surface area contributed by atoms with Crippen LogP contribution in [0.1, 0.15) is 61.3 Å². The van der Waals surface area contributed by atoms with Gasteiger partial charge in [0.2, 0.25) is 0 Å². The Bertz CT molecular complexity index is 1490. The smallest absolute Gasteiger partial charge is 0.319 e. The third-order valence-corrected chi connectivity index (χ3v) is 9.49. The van der Waals surface area contributed by atoms with Crippen LogP contribution in [0.15, 0.2) is 78.9 Å². The summed E-state index contributed by atoms with van der Waals surface area (Å²) < 4.78 is 25.2. The van der Waals surface area contributed by atoms with Gasteiger partial charge in [-0.2, -0.15) is 0 Å². The number of carbonyl (C=O) groups is 2. The third-order valence-electron chi connectivity index (χ3n) is 9.49. The fraction of sp³-hybridized carbons (Fsp3) is 0.459. The zero-order chi connectivity index (χ0) is 32.8. The molecule has 5 unspecified atom stereocenters. The van der Waals surface area contributed by atoms with E-state index in [1.54, 1.807) is 6.07 Å². The number of benzene rings is 3. The van der Waals surface area contributed by atoms with Gasteiger partial charge in [-0.05, 0) is 42.2 Å². The molecule has 3 aromatic rings. The minimum Gasteiger partial charge on any atom is -0.392 e. The monoisotopic (exact) mass is 643 g/mol. The first-order valence-electron chi connectivity index (χ1n) is 16.5. The number of rotatable bonds is 10. The van der Waals surface area contributed by atoms with E-state index in [-0.39, 0.29) is 30.5 Å². The molecule has 3 fully saturated rings. The molecule has 0 radical (unpaired) electrons. The molecular formula is C37H45N3O7. The van der Waals surface area contributed by atoms with E-state index in [9.17, 15) is 14.7 Å². The van der Waals surface area contributed by atoms with Crippen LogP contribution in [-0.2, 0) is 36.8 Å². The molecule has 0 aromatic heterocycles. The molecule has 5 atom stereocenters. The highest BCUT2D eigenvalue weighted by molar-refractivity contribution is 5.93. The van der Waals surface area contributed by atoms with Gasteiger partial charge in [0, 0.05) is 49.6 Å². The highest BCUT2D eigenvalue weighted by Crippen LogP contribution is 2.42. The largest absolute Gasteiger partial charge is 0.392 e. The quantitative estimate of drug-likeness (QED) is 0.278. The lowest BCUT2D eigenvalue weighted by Crippen LogP contribution is -2.50. The summed E-state index contributed by atoms with van der Waals surface area (Å²) in [6.45, 7) is 7.36. The van der Waals surface area contributed by atoms with E-state index in [0.717, 1.165) is 54.7 Å². The van der Waals surface area contributed by atoms with Crippen molar-refractivity contribution in [1.29, 1.82) is 0 Å². The van der Waals surface area contributed by atoms with Crippen molar-refractivity contribution in [2.45, 2.75) is 70.0 Å². The molecule has 10 heteroatoms. The molecule has 3 saturated heterocycles. The van der Waals surface area contributed by atoms with Crippen molar-refractivity contribution >= 4 is 17.5 Å². The summed E-state index contributed by atoms with van der Waals surface area (Å²) in [5, 5.41) is 15.3. The van der Waals surface area contributed by atoms with Crippen molar-refractivity contribution in [2.75, 3.05) is 38.2 Å². The molecule has 6 rings (SSSR count). The van der Waals surface area contributed by atoms with Crippen LogP contribution in [0.25, 0.3) is 0 Å². The highest BCUT2D eigenvalue weighted by atomic mass is 16.7. The summed E-state index contributed by atoms with van der Waals surface area (Å²) in [7, 11) is 0. The van der Waals surface area contributed by atoms with Gasteiger partial charge in [-0.1, -0.05) is 73.7 Å². The Morgan fingerprint density at radius 2 is 1.64 bits per heavy atom. The fourth-order valence-electron chi connectivity index (χ4n) is 6.68. The number of nitrogens with zero attached hydrogens (tertiary/aromatic N) is 1. The van der Waals surface area contributed by atoms with Crippen molar-refractivity contribution in [3.63, 3.8) is 0 Å². The fourth-order valence-corrected chi connectivity index (χ4v) is 6.68. The van der Waals surface area contributed by atoms with E-state index in [0.29, 0.717) is 25.3 Å². The number of ether oxygens (including phenoxy) is 4. The number of aliphatic hydroxyl groups excluding tert-OH is 1. The lowest BCUT2D eigenvalue weighted by molar-refractivity contribution is -0.278. The highest BCUT2D eigenvalue weighted by Gasteiger charge is 2.43. The molecule has 0 aliphatic carbocycles. The summed E-state index contributed by atoms with van der Waals surface area (Å²) in [5.41, 5.74) is 4.16. The number of hydrogen-bond donors (Lipinski definition) is 3. The molecule has 0 bridgehead atoms. The van der Waals surface area contributed by atoms with Gasteiger partial charge in [-0.15, -0.1) is 0 Å². The number of Topliss-reactive ketones (excluding diaryl/α,β-unsaturated/α-hetero) is 1. The second-order valence-corrected chi connectivity index (χ2v) is 12.8. The van der Waals surface area contributed by atoms with E-state index >= 15 is 0 Å². The molecule has 47 heavy (non-hydrogen) atoms. The average Bonchev–Trinajstić information content (AvgIpc) is 3.55. The van der Waals surface area contributed by atoms with E-state index < -0.39 is 24.2 Å². The molecule has 2 amide bonds. The van der Waals surface area contributed by atoms with Crippen LogP contribution in [0.5, 0.6) is 0 Å². The van der Waals surface area contributed by atoms with Gasteiger partial charge in [-0.3, -0.25) is 4.79 Å². The number of carbonyl (C=O) groups excluding carboxylic acids is 2. The first kappa shape index (κ1) is 33.3. The molecule has 1 spiro atoms. The summed E-state index contributed by atoms with van der Waals surface area (Å²) in [6, 6.07) is 23.8. The average molecular weight is 644 g/mol. The Kier molecular flexibility index (Phi) is 10.7.